The van der Waals surface area contributed by atoms with Gasteiger partial charge in [-0.15, -0.1) is 0 Å². The van der Waals surface area contributed by atoms with Crippen LogP contribution in [0.4, 0.5) is 27.7 Å². The van der Waals surface area contributed by atoms with E-state index in [0.29, 0.717) is 11.4 Å². The number of aromatic nitrogens is 1. The second-order valence-electron chi connectivity index (χ2n) is 13.1. The van der Waals surface area contributed by atoms with Gasteiger partial charge in [-0.05, 0) is 88.8 Å². The third-order valence-corrected chi connectivity index (χ3v) is 8.51. The highest BCUT2D eigenvalue weighted by Crippen LogP contribution is 2.42. The number of carbonyl (C=O) groups is 2. The average Bonchev–Trinajstić information content (AvgIpc) is 2.98. The molecule has 2 amide bonds. The number of hydrogen-bond acceptors (Lipinski definition) is 8. The Kier molecular flexibility index (Phi) is 8.99. The van der Waals surface area contributed by atoms with Crippen molar-refractivity contribution < 1.29 is 19.2 Å². The molecular formula is C34H42N6O5. The number of ether oxygens (including phenoxy) is 1. The first-order valence-corrected chi connectivity index (χ1v) is 15.4. The number of rotatable bonds is 8. The number of nitro groups is 1. The lowest BCUT2D eigenvalue weighted by Gasteiger charge is -2.43. The Morgan fingerprint density at radius 3 is 2.31 bits per heavy atom. The molecule has 2 aliphatic rings. The van der Waals surface area contributed by atoms with Crippen LogP contribution in [-0.2, 0) is 15.1 Å². The molecule has 0 unspecified atom stereocenters. The summed E-state index contributed by atoms with van der Waals surface area (Å²) in [4.78, 5) is 45.0. The van der Waals surface area contributed by atoms with Crippen LogP contribution in [0.5, 0.6) is 0 Å². The maximum atomic E-state index is 12.5. The van der Waals surface area contributed by atoms with Crippen molar-refractivity contribution in [2.24, 2.45) is 5.92 Å². The van der Waals surface area contributed by atoms with Gasteiger partial charge in [-0.25, -0.2) is 9.78 Å². The Balaban J connectivity index is 1.32. The predicted octanol–water partition coefficient (Wildman–Crippen LogP) is 6.61. The summed E-state index contributed by atoms with van der Waals surface area (Å²) in [5.41, 5.74) is 2.85. The van der Waals surface area contributed by atoms with Crippen molar-refractivity contribution in [1.82, 2.24) is 15.2 Å². The number of benzene rings is 2. The van der Waals surface area contributed by atoms with Gasteiger partial charge in [0, 0.05) is 56.1 Å². The van der Waals surface area contributed by atoms with E-state index in [1.54, 1.807) is 25.1 Å². The minimum atomic E-state index is -0.592. The summed E-state index contributed by atoms with van der Waals surface area (Å²) >= 11 is 0. The van der Waals surface area contributed by atoms with E-state index < -0.39 is 22.2 Å². The van der Waals surface area contributed by atoms with Crippen LogP contribution in [0.15, 0.2) is 60.7 Å². The highest BCUT2D eigenvalue weighted by atomic mass is 16.6. The fraction of sp³-hybridized carbons (Fsp3) is 0.441. The first kappa shape index (κ1) is 31.7. The summed E-state index contributed by atoms with van der Waals surface area (Å²) in [5, 5.41) is 18.1. The van der Waals surface area contributed by atoms with Gasteiger partial charge in [-0.3, -0.25) is 14.9 Å². The second kappa shape index (κ2) is 12.7. The van der Waals surface area contributed by atoms with Crippen LogP contribution >= 0.6 is 0 Å². The summed E-state index contributed by atoms with van der Waals surface area (Å²) in [6, 6.07) is 18.6. The Labute approximate surface area is 264 Å². The second-order valence-corrected chi connectivity index (χ2v) is 13.1. The van der Waals surface area contributed by atoms with Gasteiger partial charge in [0.2, 0.25) is 11.7 Å². The third-order valence-electron chi connectivity index (χ3n) is 8.51. The molecule has 0 spiro atoms. The first-order valence-electron chi connectivity index (χ1n) is 15.4. The summed E-state index contributed by atoms with van der Waals surface area (Å²) in [6.07, 6.45) is 3.74. The lowest BCUT2D eigenvalue weighted by atomic mass is 9.72. The molecule has 11 nitrogen and oxygen atoms in total. The predicted molar refractivity (Wildman–Crippen MR) is 175 cm³/mol. The van der Waals surface area contributed by atoms with Gasteiger partial charge in [0.25, 0.3) is 0 Å². The topological polar surface area (TPSA) is 130 Å². The molecule has 0 radical (unpaired) electrons. The molecule has 238 valence electrons. The Morgan fingerprint density at radius 2 is 1.73 bits per heavy atom. The molecule has 11 heteroatoms. The quantitative estimate of drug-likeness (QED) is 0.214. The number of piperidine rings is 1. The van der Waals surface area contributed by atoms with E-state index in [9.17, 15) is 19.7 Å². The molecule has 1 saturated carbocycles. The van der Waals surface area contributed by atoms with E-state index in [0.717, 1.165) is 62.0 Å². The third kappa shape index (κ3) is 7.35. The number of nitrogens with zero attached hydrogens (tertiary/aromatic N) is 4. The van der Waals surface area contributed by atoms with Crippen molar-refractivity contribution in [3.05, 3.63) is 76.3 Å². The number of nitrogens with one attached hydrogen (secondary N) is 2. The van der Waals surface area contributed by atoms with Gasteiger partial charge in [-0.1, -0.05) is 24.3 Å². The smallest absolute Gasteiger partial charge is 0.408 e. The summed E-state index contributed by atoms with van der Waals surface area (Å²) < 4.78 is 5.49. The first-order chi connectivity index (χ1) is 21.3. The molecule has 45 heavy (non-hydrogen) atoms. The van der Waals surface area contributed by atoms with Crippen molar-refractivity contribution >= 4 is 34.9 Å². The van der Waals surface area contributed by atoms with Gasteiger partial charge >= 0.3 is 11.8 Å². The molecule has 2 fully saturated rings. The zero-order valence-electron chi connectivity index (χ0n) is 26.6. The van der Waals surface area contributed by atoms with Crippen LogP contribution in [0.3, 0.4) is 0 Å². The summed E-state index contributed by atoms with van der Waals surface area (Å²) in [7, 11) is 3.59. The molecule has 2 heterocycles. The molecule has 0 atom stereocenters. The van der Waals surface area contributed by atoms with Gasteiger partial charge in [0.1, 0.15) is 5.60 Å². The van der Waals surface area contributed by atoms with Gasteiger partial charge < -0.3 is 25.2 Å². The fourth-order valence-electron chi connectivity index (χ4n) is 5.99. The van der Waals surface area contributed by atoms with Crippen molar-refractivity contribution in [3.8, 4) is 11.3 Å². The monoisotopic (exact) mass is 614 g/mol. The van der Waals surface area contributed by atoms with Crippen molar-refractivity contribution in [2.75, 3.05) is 37.4 Å². The van der Waals surface area contributed by atoms with Gasteiger partial charge in [0.15, 0.2) is 0 Å². The van der Waals surface area contributed by atoms with E-state index >= 15 is 0 Å². The summed E-state index contributed by atoms with van der Waals surface area (Å²) in [6.45, 7) is 7.05. The lowest BCUT2D eigenvalue weighted by molar-refractivity contribution is -0.384. The molecule has 0 bridgehead atoms. The van der Waals surface area contributed by atoms with Crippen LogP contribution < -0.4 is 15.5 Å². The Morgan fingerprint density at radius 1 is 1.04 bits per heavy atom. The van der Waals surface area contributed by atoms with Crippen molar-refractivity contribution in [3.63, 3.8) is 0 Å². The molecule has 2 aromatic carbocycles. The Bertz CT molecular complexity index is 1550. The SMILES string of the molecule is CN(C)C(=O)C1CCN(c2cccc(-c3ccc([N+](=O)[O-])c(Nc4ccc(C5(NC(=O)OC(C)(C)C)CCC5)cc4)n3)c2)CC1. The molecule has 1 aliphatic heterocycles. The number of pyridine rings is 1. The molecule has 1 aliphatic carbocycles. The number of amides is 2. The number of alkyl carbamates (subject to hydrolysis) is 1. The standard InChI is InChI=1S/C34H42N6O5/c1-33(2,3)45-32(42)37-34(18-7-19-34)25-10-12-26(13-11-25)35-30-29(40(43)44)15-14-28(36-30)24-8-6-9-27(22-24)39-20-16-23(17-21-39)31(41)38(4)5/h6,8-15,22-23H,7,16-21H2,1-5H3,(H,35,36)(H,37,42). The minimum absolute atomic E-state index is 0.0407. The molecular weight excluding hydrogens is 572 g/mol. The maximum Gasteiger partial charge on any atom is 0.408 e. The number of carbonyl (C=O) groups excluding carboxylic acids is 2. The van der Waals surface area contributed by atoms with Crippen molar-refractivity contribution in [1.29, 1.82) is 0 Å². The minimum Gasteiger partial charge on any atom is -0.444 e. The molecule has 3 aromatic rings. The van der Waals surface area contributed by atoms with E-state index in [2.05, 4.69) is 20.5 Å². The zero-order chi connectivity index (χ0) is 32.4. The van der Waals surface area contributed by atoms with Crippen molar-refractivity contribution in [2.45, 2.75) is 64.0 Å². The van der Waals surface area contributed by atoms with E-state index in [-0.39, 0.29) is 23.3 Å². The van der Waals surface area contributed by atoms with Crippen LogP contribution in [-0.4, -0.2) is 59.6 Å². The highest BCUT2D eigenvalue weighted by Gasteiger charge is 2.41. The van der Waals surface area contributed by atoms with Gasteiger partial charge in [-0.2, -0.15) is 0 Å². The maximum absolute atomic E-state index is 12.5. The number of anilines is 3. The van der Waals surface area contributed by atoms with Gasteiger partial charge in [0.05, 0.1) is 16.2 Å². The highest BCUT2D eigenvalue weighted by molar-refractivity contribution is 5.79. The van der Waals surface area contributed by atoms with Crippen LogP contribution in [0.1, 0.15) is 58.4 Å². The normalized spacial score (nSPS) is 16.3. The molecule has 1 aromatic heterocycles. The average molecular weight is 615 g/mol. The van der Waals surface area contributed by atoms with Crippen LogP contribution in [0.25, 0.3) is 11.3 Å². The fourth-order valence-corrected chi connectivity index (χ4v) is 5.99. The largest absolute Gasteiger partial charge is 0.444 e. The molecule has 5 rings (SSSR count). The summed E-state index contributed by atoms with van der Waals surface area (Å²) in [5.74, 6) is 0.357. The van der Waals surface area contributed by atoms with Crippen LogP contribution in [0.2, 0.25) is 0 Å². The molecule has 2 N–H and O–H groups in total. The lowest BCUT2D eigenvalue weighted by Crippen LogP contribution is -2.52. The Hall–Kier alpha value is -4.67. The van der Waals surface area contributed by atoms with E-state index in [1.807, 2.05) is 69.3 Å². The van der Waals surface area contributed by atoms with Crippen LogP contribution in [0, 0.1) is 16.0 Å². The van der Waals surface area contributed by atoms with E-state index in [1.165, 1.54) is 6.07 Å². The number of hydrogen-bond donors (Lipinski definition) is 2. The zero-order valence-corrected chi connectivity index (χ0v) is 26.6. The van der Waals surface area contributed by atoms with E-state index in [4.69, 9.17) is 4.74 Å². The molecule has 1 saturated heterocycles.